The number of aliphatic carboxylic acids is 1. The molecular weight excluding hydrogens is 550 g/mol. The van der Waals surface area contributed by atoms with E-state index >= 15 is 0 Å². The number of rotatable bonds is 10. The fraction of sp³-hybridized carbons (Fsp3) is 0.136. The number of benzene rings is 1. The summed E-state index contributed by atoms with van der Waals surface area (Å²) in [5.41, 5.74) is 9.66. The lowest BCUT2D eigenvalue weighted by atomic mass is 10.1. The normalized spacial score (nSPS) is 11.6. The summed E-state index contributed by atoms with van der Waals surface area (Å²) < 4.78 is 26.3. The lowest BCUT2D eigenvalue weighted by Gasteiger charge is -2.14. The maximum absolute atomic E-state index is 12.5. The average molecular weight is 574 g/mol. The minimum atomic E-state index is -4.14. The molecule has 210 valence electrons. The highest BCUT2D eigenvalue weighted by atomic mass is 32.2. The molecule has 0 saturated carbocycles. The van der Waals surface area contributed by atoms with Gasteiger partial charge in [0.25, 0.3) is 21.5 Å². The Hall–Kier alpha value is -5.52. The van der Waals surface area contributed by atoms with Crippen LogP contribution in [-0.4, -0.2) is 58.3 Å². The van der Waals surface area contributed by atoms with E-state index in [1.54, 1.807) is 6.07 Å². The second-order valence-corrected chi connectivity index (χ2v) is 9.65. The van der Waals surface area contributed by atoms with E-state index in [9.17, 15) is 37.5 Å². The van der Waals surface area contributed by atoms with Gasteiger partial charge in [0.15, 0.2) is 11.5 Å². The van der Waals surface area contributed by atoms with E-state index in [1.165, 1.54) is 36.4 Å². The number of aromatic amines is 1. The third-order valence-electron chi connectivity index (χ3n) is 5.02. The number of nitrogen functional groups attached to an aromatic ring is 2. The van der Waals surface area contributed by atoms with Crippen LogP contribution >= 0.6 is 0 Å². The number of nitrogens with one attached hydrogen (secondary N) is 5. The van der Waals surface area contributed by atoms with E-state index in [2.05, 4.69) is 30.9 Å². The molecular formula is C22H23N9O8S. The highest BCUT2D eigenvalue weighted by Gasteiger charge is 2.24. The standard InChI is InChI=1S/C22H23N9O8S/c23-17-16(19(34)30-21(24)29-17)28-22(37)26-11-6-7-13(25-10-11)18(33)27-14(20(35)36)8-9-15(32)31-40(38,39)12-4-2-1-3-5-12/h1-7,10,14H,8-9H2,(H,27,33)(H,31,32)(H,35,36)(H2,26,28,37)(H5,23,24,29,30,34). The van der Waals surface area contributed by atoms with Crippen LogP contribution in [0.25, 0.3) is 0 Å². The number of pyridine rings is 1. The number of hydrogen-bond acceptors (Lipinski definition) is 11. The molecule has 1 aromatic carbocycles. The number of hydrogen-bond donors (Lipinski definition) is 8. The molecule has 4 amide bonds. The number of aromatic nitrogens is 3. The molecule has 0 radical (unpaired) electrons. The predicted molar refractivity (Wildman–Crippen MR) is 140 cm³/mol. The molecule has 17 nitrogen and oxygen atoms in total. The number of sulfonamides is 1. The quantitative estimate of drug-likeness (QED) is 0.151. The second-order valence-electron chi connectivity index (χ2n) is 7.97. The van der Waals surface area contributed by atoms with Crippen molar-refractivity contribution >= 4 is 57.0 Å². The molecule has 2 heterocycles. The number of nitrogens with two attached hydrogens (primary N) is 2. The van der Waals surface area contributed by atoms with Crippen LogP contribution in [0.15, 0.2) is 58.4 Å². The van der Waals surface area contributed by atoms with Gasteiger partial charge in [0, 0.05) is 6.42 Å². The van der Waals surface area contributed by atoms with E-state index in [0.29, 0.717) is 0 Å². The molecule has 3 rings (SSSR count). The predicted octanol–water partition coefficient (Wildman–Crippen LogP) is -0.558. The molecule has 0 bridgehead atoms. The molecule has 0 aliphatic rings. The zero-order valence-corrected chi connectivity index (χ0v) is 21.2. The first kappa shape index (κ1) is 29.0. The number of amides is 4. The Morgan fingerprint density at radius 2 is 1.73 bits per heavy atom. The molecule has 1 atom stereocenters. The molecule has 2 aromatic heterocycles. The van der Waals surface area contributed by atoms with Crippen LogP contribution in [-0.2, 0) is 19.6 Å². The SMILES string of the molecule is Nc1nc(N)c(NC(=O)Nc2ccc(C(=O)NC(CCC(=O)NS(=O)(=O)c3ccccc3)C(=O)O)nc2)c(=O)[nH]1. The maximum Gasteiger partial charge on any atom is 0.326 e. The number of carboxylic acid groups (broad SMARTS) is 1. The number of H-pyrrole nitrogens is 1. The molecule has 1 unspecified atom stereocenters. The molecule has 0 aliphatic carbocycles. The first-order valence-corrected chi connectivity index (χ1v) is 12.7. The summed E-state index contributed by atoms with van der Waals surface area (Å²) in [5, 5.41) is 16.2. The van der Waals surface area contributed by atoms with Crippen molar-refractivity contribution in [3.8, 4) is 0 Å². The van der Waals surface area contributed by atoms with Gasteiger partial charge in [-0.05, 0) is 30.7 Å². The molecule has 18 heteroatoms. The Morgan fingerprint density at radius 3 is 2.33 bits per heavy atom. The van der Waals surface area contributed by atoms with Gasteiger partial charge in [-0.15, -0.1) is 0 Å². The van der Waals surface area contributed by atoms with Crippen LogP contribution in [0.3, 0.4) is 0 Å². The first-order chi connectivity index (χ1) is 18.9. The molecule has 10 N–H and O–H groups in total. The summed E-state index contributed by atoms with van der Waals surface area (Å²) >= 11 is 0. The second kappa shape index (κ2) is 12.3. The zero-order valence-electron chi connectivity index (χ0n) is 20.4. The van der Waals surface area contributed by atoms with Gasteiger partial charge in [-0.3, -0.25) is 24.7 Å². The fourth-order valence-corrected chi connectivity index (χ4v) is 4.17. The summed E-state index contributed by atoms with van der Waals surface area (Å²) in [7, 11) is -4.14. The third kappa shape index (κ3) is 7.74. The van der Waals surface area contributed by atoms with Gasteiger partial charge in [0.05, 0.1) is 16.8 Å². The number of carbonyl (C=O) groups excluding carboxylic acids is 3. The topological polar surface area (TPSA) is 281 Å². The highest BCUT2D eigenvalue weighted by molar-refractivity contribution is 7.90. The van der Waals surface area contributed by atoms with Crippen molar-refractivity contribution in [1.29, 1.82) is 0 Å². The van der Waals surface area contributed by atoms with Gasteiger partial charge >= 0.3 is 12.0 Å². The van der Waals surface area contributed by atoms with Crippen LogP contribution < -0.4 is 37.7 Å². The van der Waals surface area contributed by atoms with Crippen molar-refractivity contribution in [2.24, 2.45) is 0 Å². The van der Waals surface area contributed by atoms with Crippen LogP contribution in [0.5, 0.6) is 0 Å². The number of nitrogens with zero attached hydrogens (tertiary/aromatic N) is 2. The van der Waals surface area contributed by atoms with E-state index < -0.39 is 58.3 Å². The number of carboxylic acids is 1. The van der Waals surface area contributed by atoms with E-state index in [4.69, 9.17) is 11.5 Å². The summed E-state index contributed by atoms with van der Waals surface area (Å²) in [5.74, 6) is -3.89. The molecule has 0 aliphatic heterocycles. The van der Waals surface area contributed by atoms with Gasteiger partial charge < -0.3 is 27.2 Å². The van der Waals surface area contributed by atoms with Crippen molar-refractivity contribution in [1.82, 2.24) is 25.0 Å². The Labute approximate surface area is 225 Å². The number of anilines is 4. The smallest absolute Gasteiger partial charge is 0.326 e. The summed E-state index contributed by atoms with van der Waals surface area (Å²) in [4.78, 5) is 69.7. The van der Waals surface area contributed by atoms with Crippen molar-refractivity contribution in [3.63, 3.8) is 0 Å². The van der Waals surface area contributed by atoms with E-state index in [1.807, 2.05) is 4.72 Å². The van der Waals surface area contributed by atoms with Crippen molar-refractivity contribution < 1.29 is 32.7 Å². The van der Waals surface area contributed by atoms with Crippen LogP contribution in [0.1, 0.15) is 23.3 Å². The van der Waals surface area contributed by atoms with Gasteiger partial charge in [0.2, 0.25) is 11.9 Å². The Bertz CT molecular complexity index is 1590. The van der Waals surface area contributed by atoms with E-state index in [0.717, 1.165) is 6.20 Å². The largest absolute Gasteiger partial charge is 0.480 e. The monoisotopic (exact) mass is 573 g/mol. The molecule has 0 fully saturated rings. The Kier molecular flexibility index (Phi) is 8.97. The Balaban J connectivity index is 1.55. The summed E-state index contributed by atoms with van der Waals surface area (Å²) in [6.07, 6.45) is 0.145. The fourth-order valence-electron chi connectivity index (χ4n) is 3.13. The van der Waals surface area contributed by atoms with Crippen molar-refractivity contribution in [2.75, 3.05) is 22.1 Å². The minimum absolute atomic E-state index is 0.0959. The summed E-state index contributed by atoms with van der Waals surface area (Å²) in [6, 6.07) is 7.12. The summed E-state index contributed by atoms with van der Waals surface area (Å²) in [6.45, 7) is 0. The van der Waals surface area contributed by atoms with Crippen LogP contribution in [0, 0.1) is 0 Å². The maximum atomic E-state index is 12.5. The molecule has 40 heavy (non-hydrogen) atoms. The minimum Gasteiger partial charge on any atom is -0.480 e. The highest BCUT2D eigenvalue weighted by Crippen LogP contribution is 2.12. The zero-order chi connectivity index (χ0) is 29.4. The number of urea groups is 1. The first-order valence-electron chi connectivity index (χ1n) is 11.2. The van der Waals surface area contributed by atoms with Gasteiger partial charge in [0.1, 0.15) is 11.7 Å². The lowest BCUT2D eigenvalue weighted by Crippen LogP contribution is -2.42. The molecule has 3 aromatic rings. The molecule has 0 spiro atoms. The third-order valence-corrected chi connectivity index (χ3v) is 6.41. The van der Waals surface area contributed by atoms with E-state index in [-0.39, 0.29) is 33.7 Å². The van der Waals surface area contributed by atoms with Crippen LogP contribution in [0.2, 0.25) is 0 Å². The Morgan fingerprint density at radius 1 is 1.02 bits per heavy atom. The van der Waals surface area contributed by atoms with Crippen molar-refractivity contribution in [2.45, 2.75) is 23.8 Å². The molecule has 0 saturated heterocycles. The van der Waals surface area contributed by atoms with Crippen LogP contribution in [0.4, 0.5) is 27.9 Å². The van der Waals surface area contributed by atoms with Gasteiger partial charge in [-0.1, -0.05) is 18.2 Å². The number of carbonyl (C=O) groups is 4. The average Bonchev–Trinajstić information content (AvgIpc) is 2.89. The lowest BCUT2D eigenvalue weighted by molar-refractivity contribution is -0.139. The van der Waals surface area contributed by atoms with Gasteiger partial charge in [-0.25, -0.2) is 27.7 Å². The van der Waals surface area contributed by atoms with Gasteiger partial charge in [-0.2, -0.15) is 4.98 Å². The van der Waals surface area contributed by atoms with Crippen molar-refractivity contribution in [3.05, 3.63) is 64.7 Å².